The van der Waals surface area contributed by atoms with Crippen molar-refractivity contribution in [1.82, 2.24) is 14.9 Å². The number of hydrogen-bond donors (Lipinski definition) is 1. The number of carbonyl (C=O) groups excluding carboxylic acids is 1. The van der Waals surface area contributed by atoms with Crippen LogP contribution in [0, 0.1) is 12.0 Å². The molecule has 0 aliphatic heterocycles. The van der Waals surface area contributed by atoms with Crippen LogP contribution in [0.4, 0.5) is 24.7 Å². The van der Waals surface area contributed by atoms with Crippen LogP contribution < -0.4 is 5.73 Å². The Hall–Kier alpha value is -3.61. The van der Waals surface area contributed by atoms with Crippen LogP contribution >= 0.6 is 0 Å². The number of benzene rings is 1. The summed E-state index contributed by atoms with van der Waals surface area (Å²) in [6.45, 7) is 13.1. The lowest BCUT2D eigenvalue weighted by Gasteiger charge is -2.69. The lowest BCUT2D eigenvalue weighted by Crippen LogP contribution is -2.70. The highest BCUT2D eigenvalue weighted by atomic mass is 19.4. The molecule has 3 saturated carbocycles. The van der Waals surface area contributed by atoms with Crippen LogP contribution in [0.3, 0.4) is 0 Å². The average molecular weight is 498 g/mol. The summed E-state index contributed by atoms with van der Waals surface area (Å²) in [7, 11) is 0. The first-order chi connectivity index (χ1) is 16.9. The molecule has 7 nitrogen and oxygen atoms in total. The Morgan fingerprint density at radius 1 is 1.22 bits per heavy atom. The first-order valence-electron chi connectivity index (χ1n) is 11.8. The maximum Gasteiger partial charge on any atom is 0.394 e. The fraction of sp³-hybridized carbons (Fsp3) is 0.462. The quantitative estimate of drug-likeness (QED) is 0.395. The number of alkyl halides is 3. The zero-order chi connectivity index (χ0) is 26.0. The van der Waals surface area contributed by atoms with Gasteiger partial charge in [-0.15, -0.1) is 0 Å². The summed E-state index contributed by atoms with van der Waals surface area (Å²) in [5.74, 6) is 0.154. The lowest BCUT2D eigenvalue weighted by molar-refractivity contribution is -0.338. The predicted molar refractivity (Wildman–Crippen MR) is 126 cm³/mol. The van der Waals surface area contributed by atoms with Gasteiger partial charge in [0, 0.05) is 23.4 Å². The molecule has 36 heavy (non-hydrogen) atoms. The van der Waals surface area contributed by atoms with Crippen molar-refractivity contribution in [1.29, 1.82) is 0 Å². The monoisotopic (exact) mass is 497 g/mol. The van der Waals surface area contributed by atoms with Crippen LogP contribution in [0.25, 0.3) is 16.1 Å². The Balaban J connectivity index is 1.26. The van der Waals surface area contributed by atoms with Crippen molar-refractivity contribution in [3.05, 3.63) is 58.8 Å². The lowest BCUT2D eigenvalue weighted by atomic mass is 9.34. The summed E-state index contributed by atoms with van der Waals surface area (Å²) in [6.07, 6.45) is -4.04. The minimum atomic E-state index is -4.18. The molecule has 0 amide bonds. The maximum atomic E-state index is 13.1. The summed E-state index contributed by atoms with van der Waals surface area (Å²) in [5.41, 5.74) is 6.80. The van der Waals surface area contributed by atoms with Gasteiger partial charge in [-0.25, -0.2) is 4.85 Å². The molecule has 3 aliphatic rings. The summed E-state index contributed by atoms with van der Waals surface area (Å²) >= 11 is 0. The Morgan fingerprint density at radius 2 is 1.86 bits per heavy atom. The topological polar surface area (TPSA) is 91.3 Å². The van der Waals surface area contributed by atoms with E-state index in [4.69, 9.17) is 16.8 Å². The minimum Gasteiger partial charge on any atom is -0.393 e. The van der Waals surface area contributed by atoms with Gasteiger partial charge in [0.15, 0.2) is 0 Å². The molecule has 10 heteroatoms. The van der Waals surface area contributed by atoms with E-state index in [1.165, 1.54) is 0 Å². The maximum absolute atomic E-state index is 13.1. The Labute approximate surface area is 206 Å². The van der Waals surface area contributed by atoms with E-state index in [0.29, 0.717) is 28.7 Å². The SMILES string of the molecule is [C-]#[N+]c1c(-c2ccc(C(C)C(=O)Cc3cc(C45CC(C(F)(F)F)(C4)C5)no3)cc2)nn(C(C)C)c1N. The largest absolute Gasteiger partial charge is 0.394 e. The van der Waals surface area contributed by atoms with Gasteiger partial charge in [0.1, 0.15) is 23.1 Å². The molecular formula is C26H26F3N5O2. The molecule has 3 fully saturated rings. The summed E-state index contributed by atoms with van der Waals surface area (Å²) in [6, 6.07) is 8.90. The second-order valence-electron chi connectivity index (χ2n) is 10.5. The number of ketones is 1. The van der Waals surface area contributed by atoms with Crippen LogP contribution in [0.5, 0.6) is 0 Å². The smallest absolute Gasteiger partial charge is 0.393 e. The third kappa shape index (κ3) is 3.52. The molecule has 2 aromatic heterocycles. The number of nitrogens with two attached hydrogens (primary N) is 1. The molecule has 2 bridgehead atoms. The summed E-state index contributed by atoms with van der Waals surface area (Å²) < 4.78 is 46.3. The standard InChI is InChI=1S/C26H26F3N5O2/c1-14(2)34-23(30)22(31-4)21(32-34)17-7-5-16(6-8-17)15(3)19(35)9-18-10-20(33-36-18)24-11-25(12-24,13-24)26(27,28)29/h5-8,10,14-15H,9,11-13,30H2,1-3H3. The number of nitrogens with zero attached hydrogens (tertiary/aromatic N) is 4. The van der Waals surface area contributed by atoms with Gasteiger partial charge in [0.25, 0.3) is 5.69 Å². The van der Waals surface area contributed by atoms with Crippen molar-refractivity contribution < 1.29 is 22.5 Å². The van der Waals surface area contributed by atoms with E-state index in [0.717, 1.165) is 11.1 Å². The van der Waals surface area contributed by atoms with Crippen LogP contribution in [0.15, 0.2) is 34.9 Å². The van der Waals surface area contributed by atoms with E-state index in [1.807, 2.05) is 38.1 Å². The zero-order valence-corrected chi connectivity index (χ0v) is 20.2. The first-order valence-corrected chi connectivity index (χ1v) is 11.8. The highest BCUT2D eigenvalue weighted by Crippen LogP contribution is 2.78. The minimum absolute atomic E-state index is 0.00754. The van der Waals surface area contributed by atoms with Gasteiger partial charge in [-0.2, -0.15) is 18.3 Å². The van der Waals surface area contributed by atoms with Crippen molar-refractivity contribution >= 4 is 17.3 Å². The molecule has 3 aliphatic carbocycles. The number of Topliss-reactive ketones (excluding diaryl/α,β-unsaturated/α-hetero) is 1. The normalized spacial score (nSPS) is 23.6. The van der Waals surface area contributed by atoms with E-state index < -0.39 is 22.9 Å². The van der Waals surface area contributed by atoms with Crippen molar-refractivity contribution in [3.8, 4) is 11.3 Å². The number of nitrogen functional groups attached to an aromatic ring is 1. The van der Waals surface area contributed by atoms with E-state index >= 15 is 0 Å². The molecule has 0 saturated heterocycles. The third-order valence-electron chi connectivity index (χ3n) is 7.77. The van der Waals surface area contributed by atoms with Gasteiger partial charge in [-0.05, 0) is 44.2 Å². The molecule has 1 atom stereocenters. The Morgan fingerprint density at radius 3 is 2.42 bits per heavy atom. The Bertz CT molecular complexity index is 1360. The van der Waals surface area contributed by atoms with Crippen molar-refractivity contribution in [2.45, 2.75) is 70.0 Å². The fourth-order valence-corrected chi connectivity index (χ4v) is 5.58. The number of anilines is 1. The number of aromatic nitrogens is 3. The summed E-state index contributed by atoms with van der Waals surface area (Å²) in [4.78, 5) is 16.5. The molecule has 2 heterocycles. The molecule has 0 radical (unpaired) electrons. The second-order valence-corrected chi connectivity index (χ2v) is 10.5. The molecule has 1 aromatic carbocycles. The predicted octanol–water partition coefficient (Wildman–Crippen LogP) is 6.15. The Kier molecular flexibility index (Phi) is 5.32. The van der Waals surface area contributed by atoms with Crippen LogP contribution in [0.1, 0.15) is 69.0 Å². The van der Waals surface area contributed by atoms with E-state index in [9.17, 15) is 18.0 Å². The van der Waals surface area contributed by atoms with Crippen molar-refractivity contribution in [2.24, 2.45) is 5.41 Å². The van der Waals surface area contributed by atoms with Gasteiger partial charge in [-0.3, -0.25) is 9.48 Å². The van der Waals surface area contributed by atoms with Gasteiger partial charge in [0.2, 0.25) is 0 Å². The highest BCUT2D eigenvalue weighted by Gasteiger charge is 2.79. The van der Waals surface area contributed by atoms with Crippen LogP contribution in [0.2, 0.25) is 0 Å². The van der Waals surface area contributed by atoms with Gasteiger partial charge in [0.05, 0.1) is 24.1 Å². The molecular weight excluding hydrogens is 471 g/mol. The number of rotatable bonds is 7. The molecule has 2 N–H and O–H groups in total. The van der Waals surface area contributed by atoms with Crippen molar-refractivity contribution in [3.63, 3.8) is 0 Å². The molecule has 3 aromatic rings. The fourth-order valence-electron chi connectivity index (χ4n) is 5.58. The molecule has 188 valence electrons. The number of hydrogen-bond acceptors (Lipinski definition) is 5. The highest BCUT2D eigenvalue weighted by molar-refractivity contribution is 5.87. The molecule has 1 unspecified atom stereocenters. The average Bonchev–Trinajstić information content (AvgIpc) is 3.34. The van der Waals surface area contributed by atoms with Gasteiger partial charge < -0.3 is 10.3 Å². The van der Waals surface area contributed by atoms with E-state index in [2.05, 4.69) is 15.1 Å². The number of halogens is 3. The number of carbonyl (C=O) groups is 1. The first kappa shape index (κ1) is 24.1. The third-order valence-corrected chi connectivity index (χ3v) is 7.77. The summed E-state index contributed by atoms with van der Waals surface area (Å²) in [5, 5.41) is 8.49. The van der Waals surface area contributed by atoms with Crippen LogP contribution in [-0.2, 0) is 16.6 Å². The molecule has 6 rings (SSSR count). The van der Waals surface area contributed by atoms with E-state index in [1.54, 1.807) is 17.7 Å². The van der Waals surface area contributed by atoms with Crippen molar-refractivity contribution in [2.75, 3.05) is 5.73 Å². The van der Waals surface area contributed by atoms with Gasteiger partial charge >= 0.3 is 6.18 Å². The van der Waals surface area contributed by atoms with E-state index in [-0.39, 0.29) is 37.5 Å². The van der Waals surface area contributed by atoms with Gasteiger partial charge in [-0.1, -0.05) is 36.3 Å². The molecule has 0 spiro atoms. The van der Waals surface area contributed by atoms with Crippen LogP contribution in [-0.4, -0.2) is 26.9 Å². The zero-order valence-electron chi connectivity index (χ0n) is 20.2. The second kappa shape index (κ2) is 7.95.